The van der Waals surface area contributed by atoms with Crippen molar-refractivity contribution < 1.29 is 4.74 Å². The summed E-state index contributed by atoms with van der Waals surface area (Å²) in [6.45, 7) is 0. The van der Waals surface area contributed by atoms with Gasteiger partial charge in [-0.2, -0.15) is 0 Å². The highest BCUT2D eigenvalue weighted by Gasteiger charge is 2.16. The molecule has 0 heterocycles. The van der Waals surface area contributed by atoms with Gasteiger partial charge in [-0.1, -0.05) is 45.2 Å². The first-order valence-corrected chi connectivity index (χ1v) is 7.11. The third kappa shape index (κ3) is 3.23. The second-order valence-electron chi connectivity index (χ2n) is 4.03. The van der Waals surface area contributed by atoms with Crippen LogP contribution in [0.2, 0.25) is 10.0 Å². The number of hydrogen-bond donors (Lipinski definition) is 1. The largest absolute Gasteiger partial charge is 0.497 e. The molecule has 19 heavy (non-hydrogen) atoms. The molecule has 0 fully saturated rings. The molecule has 0 spiro atoms. The Labute approximate surface area is 130 Å². The Morgan fingerprint density at radius 2 is 1.84 bits per heavy atom. The van der Waals surface area contributed by atoms with E-state index >= 15 is 0 Å². The average molecular weight is 361 g/mol. The van der Waals surface area contributed by atoms with Crippen LogP contribution in [0.15, 0.2) is 40.9 Å². The summed E-state index contributed by atoms with van der Waals surface area (Å²) < 4.78 is 6.02. The molecule has 1 unspecified atom stereocenters. The van der Waals surface area contributed by atoms with Gasteiger partial charge in [-0.15, -0.1) is 0 Å². The molecule has 0 saturated carbocycles. The van der Waals surface area contributed by atoms with Gasteiger partial charge in [0.15, 0.2) is 0 Å². The minimum absolute atomic E-state index is 0.355. The number of halogens is 3. The van der Waals surface area contributed by atoms with E-state index in [0.717, 1.165) is 15.6 Å². The number of methoxy groups -OCH3 is 1. The molecule has 0 radical (unpaired) electrons. The molecule has 2 rings (SSSR count). The zero-order valence-electron chi connectivity index (χ0n) is 10.2. The Bertz CT molecular complexity index is 604. The molecular formula is C14H12BrCl2NO. The lowest BCUT2D eigenvalue weighted by atomic mass is 9.99. The van der Waals surface area contributed by atoms with Crippen LogP contribution in [0.25, 0.3) is 0 Å². The van der Waals surface area contributed by atoms with Crippen molar-refractivity contribution in [2.45, 2.75) is 6.04 Å². The molecule has 2 aromatic rings. The van der Waals surface area contributed by atoms with Crippen molar-refractivity contribution in [2.75, 3.05) is 7.11 Å². The Morgan fingerprint density at radius 1 is 1.11 bits per heavy atom. The minimum Gasteiger partial charge on any atom is -0.497 e. The van der Waals surface area contributed by atoms with E-state index in [1.165, 1.54) is 0 Å². The summed E-state index contributed by atoms with van der Waals surface area (Å²) in [5.41, 5.74) is 7.98. The predicted octanol–water partition coefficient (Wildman–Crippen LogP) is 4.81. The van der Waals surface area contributed by atoms with E-state index < -0.39 is 0 Å². The van der Waals surface area contributed by atoms with Crippen LogP contribution in [-0.2, 0) is 0 Å². The third-order valence-corrected chi connectivity index (χ3v) is 4.12. The molecule has 2 N–H and O–H groups in total. The number of nitrogens with two attached hydrogens (primary N) is 1. The molecule has 0 aliphatic heterocycles. The maximum atomic E-state index is 6.26. The van der Waals surface area contributed by atoms with E-state index in [4.69, 9.17) is 33.7 Å². The van der Waals surface area contributed by atoms with Crippen LogP contribution in [0.3, 0.4) is 0 Å². The van der Waals surface area contributed by atoms with Crippen LogP contribution >= 0.6 is 39.1 Å². The van der Waals surface area contributed by atoms with E-state index in [0.29, 0.717) is 15.8 Å². The molecule has 0 amide bonds. The first-order chi connectivity index (χ1) is 9.02. The van der Waals surface area contributed by atoms with Gasteiger partial charge in [0.25, 0.3) is 0 Å². The summed E-state index contributed by atoms with van der Waals surface area (Å²) in [7, 11) is 1.60. The van der Waals surface area contributed by atoms with Gasteiger partial charge in [-0.05, 0) is 41.5 Å². The fourth-order valence-corrected chi connectivity index (χ4v) is 2.77. The van der Waals surface area contributed by atoms with E-state index in [2.05, 4.69) is 15.9 Å². The average Bonchev–Trinajstić information content (AvgIpc) is 2.40. The summed E-state index contributed by atoms with van der Waals surface area (Å²) in [5, 5.41) is 1.21. The lowest BCUT2D eigenvalue weighted by molar-refractivity contribution is 0.414. The zero-order chi connectivity index (χ0) is 14.0. The molecule has 5 heteroatoms. The van der Waals surface area contributed by atoms with Gasteiger partial charge in [0.05, 0.1) is 13.2 Å². The van der Waals surface area contributed by atoms with Crippen molar-refractivity contribution in [3.63, 3.8) is 0 Å². The first kappa shape index (κ1) is 14.7. The highest BCUT2D eigenvalue weighted by molar-refractivity contribution is 9.10. The fraction of sp³-hybridized carbons (Fsp3) is 0.143. The second kappa shape index (κ2) is 6.14. The molecule has 100 valence electrons. The standard InChI is InChI=1S/C14H12BrCl2NO/c1-19-9-3-4-10(13(17)7-9)14(18)11-6-8(16)2-5-12(11)15/h2-7,14H,18H2,1H3. The number of hydrogen-bond acceptors (Lipinski definition) is 2. The highest BCUT2D eigenvalue weighted by atomic mass is 79.9. The Hall–Kier alpha value is -0.740. The van der Waals surface area contributed by atoms with E-state index in [1.807, 2.05) is 24.3 Å². The van der Waals surface area contributed by atoms with Crippen LogP contribution in [0.1, 0.15) is 17.2 Å². The van der Waals surface area contributed by atoms with Crippen LogP contribution in [0.5, 0.6) is 5.75 Å². The van der Waals surface area contributed by atoms with Gasteiger partial charge in [0, 0.05) is 14.5 Å². The molecule has 1 atom stereocenters. The third-order valence-electron chi connectivity index (χ3n) is 2.84. The van der Waals surface area contributed by atoms with Crippen molar-refractivity contribution in [2.24, 2.45) is 5.73 Å². The predicted molar refractivity (Wildman–Crippen MR) is 83.2 cm³/mol. The van der Waals surface area contributed by atoms with Crippen LogP contribution in [-0.4, -0.2) is 7.11 Å². The number of ether oxygens (including phenoxy) is 1. The van der Waals surface area contributed by atoms with Crippen molar-refractivity contribution in [3.05, 3.63) is 62.0 Å². The molecule has 0 saturated heterocycles. The van der Waals surface area contributed by atoms with Crippen LogP contribution in [0, 0.1) is 0 Å². The number of benzene rings is 2. The second-order valence-corrected chi connectivity index (χ2v) is 5.73. The van der Waals surface area contributed by atoms with Gasteiger partial charge in [0.2, 0.25) is 0 Å². The van der Waals surface area contributed by atoms with Gasteiger partial charge in [-0.25, -0.2) is 0 Å². The zero-order valence-corrected chi connectivity index (χ0v) is 13.3. The Kier molecular flexibility index (Phi) is 4.74. The topological polar surface area (TPSA) is 35.2 Å². The minimum atomic E-state index is -0.355. The maximum absolute atomic E-state index is 6.26. The molecule has 0 aliphatic rings. The van der Waals surface area contributed by atoms with E-state index in [9.17, 15) is 0 Å². The molecule has 0 aromatic heterocycles. The first-order valence-electron chi connectivity index (χ1n) is 5.57. The van der Waals surface area contributed by atoms with Crippen LogP contribution < -0.4 is 10.5 Å². The molecule has 0 bridgehead atoms. The summed E-state index contributed by atoms with van der Waals surface area (Å²) in [6, 6.07) is 10.6. The maximum Gasteiger partial charge on any atom is 0.120 e. The van der Waals surface area contributed by atoms with Gasteiger partial charge in [-0.3, -0.25) is 0 Å². The lowest BCUT2D eigenvalue weighted by Gasteiger charge is -2.16. The van der Waals surface area contributed by atoms with Gasteiger partial charge >= 0.3 is 0 Å². The summed E-state index contributed by atoms with van der Waals surface area (Å²) in [6.07, 6.45) is 0. The Balaban J connectivity index is 2.43. The van der Waals surface area contributed by atoms with Crippen molar-refractivity contribution in [1.29, 1.82) is 0 Å². The van der Waals surface area contributed by atoms with E-state index in [1.54, 1.807) is 19.2 Å². The summed E-state index contributed by atoms with van der Waals surface area (Å²) in [4.78, 5) is 0. The van der Waals surface area contributed by atoms with Crippen molar-refractivity contribution in [1.82, 2.24) is 0 Å². The van der Waals surface area contributed by atoms with Crippen molar-refractivity contribution >= 4 is 39.1 Å². The summed E-state index contributed by atoms with van der Waals surface area (Å²) in [5.74, 6) is 0.700. The number of rotatable bonds is 3. The van der Waals surface area contributed by atoms with Gasteiger partial charge in [0.1, 0.15) is 5.75 Å². The van der Waals surface area contributed by atoms with E-state index in [-0.39, 0.29) is 6.04 Å². The normalized spacial score (nSPS) is 12.3. The highest BCUT2D eigenvalue weighted by Crippen LogP contribution is 2.34. The lowest BCUT2D eigenvalue weighted by Crippen LogP contribution is -2.13. The van der Waals surface area contributed by atoms with Crippen LogP contribution in [0.4, 0.5) is 0 Å². The molecular weight excluding hydrogens is 349 g/mol. The molecule has 2 aromatic carbocycles. The quantitative estimate of drug-likeness (QED) is 0.852. The molecule has 0 aliphatic carbocycles. The smallest absolute Gasteiger partial charge is 0.120 e. The fourth-order valence-electron chi connectivity index (χ4n) is 1.81. The van der Waals surface area contributed by atoms with Gasteiger partial charge < -0.3 is 10.5 Å². The molecule has 2 nitrogen and oxygen atoms in total. The van der Waals surface area contributed by atoms with Crippen molar-refractivity contribution in [3.8, 4) is 5.75 Å². The Morgan fingerprint density at radius 3 is 2.47 bits per heavy atom. The SMILES string of the molecule is COc1ccc(C(N)c2cc(Cl)ccc2Br)c(Cl)c1. The monoisotopic (exact) mass is 359 g/mol. The summed E-state index contributed by atoms with van der Waals surface area (Å²) >= 11 is 15.7.